The molecule has 0 aromatic carbocycles. The maximum Gasteiger partial charge on any atom is 0.294 e. The van der Waals surface area contributed by atoms with Gasteiger partial charge in [0.25, 0.3) is 17.1 Å². The second-order valence-electron chi connectivity index (χ2n) is 4.94. The molecule has 0 radical (unpaired) electrons. The SMILES string of the molecule is [2H]C([2H])([2H])[n+]1c2n(c3nc4ccccn4c31)Cc1cccnc1-2. The number of pyridine rings is 2. The Morgan fingerprint density at radius 1 is 1.30 bits per heavy atom. The van der Waals surface area contributed by atoms with Crippen molar-refractivity contribution in [2.24, 2.45) is 6.98 Å². The van der Waals surface area contributed by atoms with E-state index in [2.05, 4.69) is 9.97 Å². The summed E-state index contributed by atoms with van der Waals surface area (Å²) in [7, 11) is 0. The van der Waals surface area contributed by atoms with Gasteiger partial charge in [0.2, 0.25) is 0 Å². The van der Waals surface area contributed by atoms with E-state index in [1.807, 2.05) is 45.5 Å². The number of hydrogen-bond acceptors (Lipinski definition) is 2. The maximum atomic E-state index is 8.01. The molecule has 0 spiro atoms. The number of aryl methyl sites for hydroxylation is 1. The van der Waals surface area contributed by atoms with Crippen molar-refractivity contribution in [1.29, 1.82) is 0 Å². The first-order valence-electron chi connectivity index (χ1n) is 7.92. The predicted molar refractivity (Wildman–Crippen MR) is 74.2 cm³/mol. The summed E-state index contributed by atoms with van der Waals surface area (Å²) in [5.74, 6) is 0.594. The lowest BCUT2D eigenvalue weighted by atomic mass is 10.2. The molecule has 0 aliphatic carbocycles. The van der Waals surface area contributed by atoms with Gasteiger partial charge in [-0.2, -0.15) is 4.98 Å². The van der Waals surface area contributed by atoms with E-state index in [1.54, 1.807) is 6.20 Å². The van der Waals surface area contributed by atoms with E-state index in [0.29, 0.717) is 29.4 Å². The van der Waals surface area contributed by atoms with Crippen LogP contribution in [0.15, 0.2) is 42.7 Å². The Morgan fingerprint density at radius 2 is 2.30 bits per heavy atom. The molecular weight excluding hydrogens is 250 g/mol. The van der Waals surface area contributed by atoms with Gasteiger partial charge in [-0.15, -0.1) is 0 Å². The summed E-state index contributed by atoms with van der Waals surface area (Å²) in [5.41, 5.74) is 3.70. The van der Waals surface area contributed by atoms with Gasteiger partial charge in [-0.25, -0.2) is 18.5 Å². The normalized spacial score (nSPS) is 15.9. The monoisotopic (exact) mass is 265 g/mol. The standard InChI is InChI=1S/C15H12N5/c1-18-14-12-10(5-4-7-16-12)9-20(14)13-15(18)19-8-3-2-6-11(19)17-13/h2-8H,9H2,1H3/q+1/i1D3. The molecule has 0 saturated carbocycles. The number of rotatable bonds is 0. The molecule has 5 nitrogen and oxygen atoms in total. The average Bonchev–Trinajstić information content (AvgIpc) is 3.13. The minimum atomic E-state index is -2.32. The van der Waals surface area contributed by atoms with Gasteiger partial charge in [0.05, 0.1) is 23.8 Å². The van der Waals surface area contributed by atoms with E-state index in [9.17, 15) is 0 Å². The molecule has 0 N–H and O–H groups in total. The van der Waals surface area contributed by atoms with Gasteiger partial charge in [-0.3, -0.25) is 0 Å². The Balaban J connectivity index is 2.01. The maximum absolute atomic E-state index is 8.01. The third-order valence-electron chi connectivity index (χ3n) is 3.85. The molecule has 1 aliphatic rings. The van der Waals surface area contributed by atoms with E-state index < -0.39 is 6.98 Å². The number of fused-ring (bicyclic) bond motifs is 7. The topological polar surface area (TPSA) is 39.0 Å². The van der Waals surface area contributed by atoms with Crippen molar-refractivity contribution in [1.82, 2.24) is 18.9 Å². The quantitative estimate of drug-likeness (QED) is 0.398. The lowest BCUT2D eigenvalue weighted by Crippen LogP contribution is -2.30. The van der Waals surface area contributed by atoms with Crippen molar-refractivity contribution < 1.29 is 8.68 Å². The molecule has 5 rings (SSSR count). The van der Waals surface area contributed by atoms with Crippen LogP contribution in [0.25, 0.3) is 28.5 Å². The fourth-order valence-corrected chi connectivity index (χ4v) is 3.00. The van der Waals surface area contributed by atoms with Crippen LogP contribution in [-0.2, 0) is 13.5 Å². The van der Waals surface area contributed by atoms with Crippen LogP contribution in [0.3, 0.4) is 0 Å². The average molecular weight is 265 g/mol. The van der Waals surface area contributed by atoms with Gasteiger partial charge in [-0.1, -0.05) is 12.1 Å². The zero-order valence-electron chi connectivity index (χ0n) is 13.5. The summed E-state index contributed by atoms with van der Waals surface area (Å²) in [4.78, 5) is 9.03. The predicted octanol–water partition coefficient (Wildman–Crippen LogP) is 1.54. The molecule has 0 unspecified atom stereocenters. The largest absolute Gasteiger partial charge is 0.294 e. The van der Waals surface area contributed by atoms with Gasteiger partial charge >= 0.3 is 0 Å². The zero-order chi connectivity index (χ0) is 15.8. The van der Waals surface area contributed by atoms with Gasteiger partial charge in [0.15, 0.2) is 5.65 Å². The number of imidazole rings is 2. The molecular formula is C15H12N5+. The Bertz CT molecular complexity index is 1090. The minimum absolute atomic E-state index is 0.576. The first-order chi connectivity index (χ1) is 11.1. The van der Waals surface area contributed by atoms with E-state index in [4.69, 9.17) is 4.11 Å². The molecule has 5 heteroatoms. The summed E-state index contributed by atoms with van der Waals surface area (Å²) < 4.78 is 29.2. The molecule has 0 bridgehead atoms. The van der Waals surface area contributed by atoms with Crippen LogP contribution in [0.5, 0.6) is 0 Å². The van der Waals surface area contributed by atoms with E-state index >= 15 is 0 Å². The van der Waals surface area contributed by atoms with Crippen molar-refractivity contribution in [3.63, 3.8) is 0 Å². The molecule has 0 atom stereocenters. The smallest absolute Gasteiger partial charge is 0.249 e. The Labute approximate surface area is 119 Å². The summed E-state index contributed by atoms with van der Waals surface area (Å²) in [6.07, 6.45) is 3.52. The lowest BCUT2D eigenvalue weighted by molar-refractivity contribution is -0.636. The molecule has 1 aliphatic heterocycles. The number of hydrogen-bond donors (Lipinski definition) is 0. The van der Waals surface area contributed by atoms with Crippen LogP contribution >= 0.6 is 0 Å². The van der Waals surface area contributed by atoms with Gasteiger partial charge < -0.3 is 0 Å². The van der Waals surface area contributed by atoms with Gasteiger partial charge in [0.1, 0.15) is 5.69 Å². The molecule has 0 saturated heterocycles. The third kappa shape index (κ3) is 1.02. The highest BCUT2D eigenvalue weighted by Gasteiger charge is 2.34. The number of nitrogens with zero attached hydrogens (tertiary/aromatic N) is 5. The van der Waals surface area contributed by atoms with Crippen molar-refractivity contribution in [3.05, 3.63) is 48.3 Å². The molecule has 5 heterocycles. The zero-order valence-corrected chi connectivity index (χ0v) is 10.5. The molecule has 96 valence electrons. The van der Waals surface area contributed by atoms with Crippen LogP contribution in [-0.4, -0.2) is 18.9 Å². The summed E-state index contributed by atoms with van der Waals surface area (Å²) >= 11 is 0. The Kier molecular flexibility index (Phi) is 1.27. The van der Waals surface area contributed by atoms with Crippen LogP contribution in [0.1, 0.15) is 9.68 Å². The number of aromatic nitrogens is 5. The van der Waals surface area contributed by atoms with Gasteiger partial charge in [0, 0.05) is 11.8 Å². The molecule has 4 aromatic rings. The van der Waals surface area contributed by atoms with Crippen LogP contribution in [0.4, 0.5) is 0 Å². The summed E-state index contributed by atoms with van der Waals surface area (Å²) in [6, 6.07) is 9.47. The highest BCUT2D eigenvalue weighted by molar-refractivity contribution is 5.76. The van der Waals surface area contributed by atoms with Crippen LogP contribution in [0, 0.1) is 0 Å². The molecule has 0 fully saturated rings. The molecule has 20 heavy (non-hydrogen) atoms. The van der Waals surface area contributed by atoms with E-state index in [1.165, 1.54) is 4.57 Å². The first-order valence-corrected chi connectivity index (χ1v) is 6.42. The van der Waals surface area contributed by atoms with Crippen LogP contribution in [0.2, 0.25) is 0 Å². The fraction of sp³-hybridized carbons (Fsp3) is 0.133. The van der Waals surface area contributed by atoms with Crippen LogP contribution < -0.4 is 4.57 Å². The van der Waals surface area contributed by atoms with Crippen molar-refractivity contribution in [3.8, 4) is 11.5 Å². The highest BCUT2D eigenvalue weighted by Crippen LogP contribution is 2.31. The minimum Gasteiger partial charge on any atom is -0.249 e. The Hall–Kier alpha value is -2.69. The molecule has 0 amide bonds. The molecule has 4 aromatic heterocycles. The summed E-state index contributed by atoms with van der Waals surface area (Å²) in [5, 5.41) is 0. The van der Waals surface area contributed by atoms with E-state index in [0.717, 1.165) is 11.2 Å². The van der Waals surface area contributed by atoms with Crippen molar-refractivity contribution in [2.45, 2.75) is 6.54 Å². The summed E-state index contributed by atoms with van der Waals surface area (Å²) in [6.45, 7) is -1.73. The van der Waals surface area contributed by atoms with Gasteiger partial charge in [-0.05, 0) is 18.2 Å². The van der Waals surface area contributed by atoms with Crippen molar-refractivity contribution >= 4 is 16.9 Å². The second-order valence-corrected chi connectivity index (χ2v) is 4.94. The lowest BCUT2D eigenvalue weighted by Gasteiger charge is -1.96. The van der Waals surface area contributed by atoms with Crippen molar-refractivity contribution in [2.75, 3.05) is 0 Å². The fourth-order valence-electron chi connectivity index (χ4n) is 3.00. The first kappa shape index (κ1) is 7.79. The Morgan fingerprint density at radius 3 is 3.25 bits per heavy atom. The highest BCUT2D eigenvalue weighted by atomic mass is 15.3. The van der Waals surface area contributed by atoms with E-state index in [-0.39, 0.29) is 0 Å². The second kappa shape index (κ2) is 3.25. The third-order valence-corrected chi connectivity index (χ3v) is 3.85.